The Hall–Kier alpha value is -2.86. The molecule has 0 bridgehead atoms. The van der Waals surface area contributed by atoms with Crippen molar-refractivity contribution < 1.29 is 4.74 Å². The predicted octanol–water partition coefficient (Wildman–Crippen LogP) is 4.44. The lowest BCUT2D eigenvalue weighted by Gasteiger charge is -2.02. The molecule has 5 nitrogen and oxygen atoms in total. The molecule has 0 aliphatic carbocycles. The zero-order chi connectivity index (χ0) is 15.6. The number of rotatable bonds is 4. The van der Waals surface area contributed by atoms with Crippen molar-refractivity contribution in [2.75, 3.05) is 12.4 Å². The Kier molecular flexibility index (Phi) is 3.44. The number of aromatic amines is 1. The Labute approximate surface area is 137 Å². The van der Waals surface area contributed by atoms with Crippen LogP contribution in [0.2, 0.25) is 0 Å². The first-order chi connectivity index (χ1) is 11.3. The van der Waals surface area contributed by atoms with Crippen LogP contribution in [0.5, 0.6) is 5.75 Å². The largest absolute Gasteiger partial charge is 0.497 e. The Morgan fingerprint density at radius 2 is 2.00 bits per heavy atom. The zero-order valence-electron chi connectivity index (χ0n) is 12.4. The van der Waals surface area contributed by atoms with E-state index in [1.54, 1.807) is 18.4 Å². The van der Waals surface area contributed by atoms with Gasteiger partial charge in [-0.3, -0.25) is 5.10 Å². The fraction of sp³-hybridized carbons (Fsp3) is 0.0588. The second-order valence-corrected chi connectivity index (χ2v) is 5.92. The number of nitrogens with one attached hydrogen (secondary N) is 2. The molecule has 2 aromatic heterocycles. The minimum absolute atomic E-state index is 0.843. The van der Waals surface area contributed by atoms with Crippen LogP contribution >= 0.6 is 11.3 Å². The monoisotopic (exact) mass is 322 g/mol. The number of thiazole rings is 1. The van der Waals surface area contributed by atoms with Crippen LogP contribution in [-0.2, 0) is 0 Å². The van der Waals surface area contributed by atoms with Gasteiger partial charge in [-0.25, -0.2) is 4.98 Å². The molecule has 0 spiro atoms. The predicted molar refractivity (Wildman–Crippen MR) is 93.5 cm³/mol. The van der Waals surface area contributed by atoms with E-state index in [1.807, 2.05) is 54.0 Å². The molecular formula is C17H14N4OS. The topological polar surface area (TPSA) is 62.8 Å². The minimum atomic E-state index is 0.843. The van der Waals surface area contributed by atoms with Crippen LogP contribution in [0.4, 0.5) is 10.8 Å². The Balaban J connectivity index is 1.56. The summed E-state index contributed by atoms with van der Waals surface area (Å²) in [4.78, 5) is 4.64. The van der Waals surface area contributed by atoms with Crippen molar-refractivity contribution in [3.8, 4) is 17.0 Å². The number of H-pyrrole nitrogens is 1. The van der Waals surface area contributed by atoms with E-state index in [1.165, 1.54) is 0 Å². The molecule has 0 atom stereocenters. The lowest BCUT2D eigenvalue weighted by molar-refractivity contribution is 0.415. The average Bonchev–Trinajstić information content (AvgIpc) is 3.24. The maximum absolute atomic E-state index is 5.18. The number of hydrogen-bond acceptors (Lipinski definition) is 5. The highest BCUT2D eigenvalue weighted by molar-refractivity contribution is 7.14. The third-order valence-corrected chi connectivity index (χ3v) is 4.34. The molecule has 0 radical (unpaired) electrons. The van der Waals surface area contributed by atoms with Gasteiger partial charge in [0.2, 0.25) is 0 Å². The normalized spacial score (nSPS) is 10.8. The Morgan fingerprint density at radius 3 is 2.83 bits per heavy atom. The van der Waals surface area contributed by atoms with Crippen LogP contribution in [0.3, 0.4) is 0 Å². The van der Waals surface area contributed by atoms with Gasteiger partial charge in [0.1, 0.15) is 5.75 Å². The van der Waals surface area contributed by atoms with E-state index < -0.39 is 0 Å². The second-order valence-electron chi connectivity index (χ2n) is 5.06. The van der Waals surface area contributed by atoms with Crippen molar-refractivity contribution in [2.45, 2.75) is 0 Å². The van der Waals surface area contributed by atoms with Crippen LogP contribution < -0.4 is 10.1 Å². The molecule has 23 heavy (non-hydrogen) atoms. The van der Waals surface area contributed by atoms with Crippen molar-refractivity contribution >= 4 is 33.1 Å². The highest BCUT2D eigenvalue weighted by atomic mass is 32.1. The van der Waals surface area contributed by atoms with Gasteiger partial charge in [-0.1, -0.05) is 0 Å². The molecule has 114 valence electrons. The summed E-state index contributed by atoms with van der Waals surface area (Å²) in [5.41, 5.74) is 4.04. The van der Waals surface area contributed by atoms with E-state index in [2.05, 4.69) is 20.5 Å². The molecule has 2 heterocycles. The maximum atomic E-state index is 5.18. The Bertz CT molecular complexity index is 943. The molecule has 0 fully saturated rings. The van der Waals surface area contributed by atoms with Crippen LogP contribution in [-0.4, -0.2) is 22.3 Å². The number of hydrogen-bond donors (Lipinski definition) is 2. The zero-order valence-corrected chi connectivity index (χ0v) is 13.2. The molecule has 0 saturated carbocycles. The summed E-state index contributed by atoms with van der Waals surface area (Å²) in [5, 5.41) is 14.3. The van der Waals surface area contributed by atoms with Crippen molar-refractivity contribution in [2.24, 2.45) is 0 Å². The molecule has 0 unspecified atom stereocenters. The van der Waals surface area contributed by atoms with E-state index >= 15 is 0 Å². The molecular weight excluding hydrogens is 308 g/mol. The SMILES string of the molecule is COc1ccc(-c2csc(Nc3ccc4[nH]ncc4c3)n2)cc1. The molecule has 4 aromatic rings. The van der Waals surface area contributed by atoms with Gasteiger partial charge in [0.15, 0.2) is 5.13 Å². The smallest absolute Gasteiger partial charge is 0.187 e. The summed E-state index contributed by atoms with van der Waals surface area (Å²) in [7, 11) is 1.66. The fourth-order valence-electron chi connectivity index (χ4n) is 2.37. The number of nitrogens with zero attached hydrogens (tertiary/aromatic N) is 2. The standard InChI is InChI=1S/C17H14N4OS/c1-22-14-5-2-11(3-6-14)16-10-23-17(20-16)19-13-4-7-15-12(8-13)9-18-21-15/h2-10H,1H3,(H,18,21)(H,19,20). The van der Waals surface area contributed by atoms with Crippen LogP contribution in [0, 0.1) is 0 Å². The summed E-state index contributed by atoms with van der Waals surface area (Å²) in [6, 6.07) is 14.0. The average molecular weight is 322 g/mol. The van der Waals surface area contributed by atoms with Crippen molar-refractivity contribution in [3.05, 3.63) is 54.0 Å². The summed E-state index contributed by atoms with van der Waals surface area (Å²) in [5.74, 6) is 0.843. The molecule has 4 rings (SSSR count). The van der Waals surface area contributed by atoms with E-state index in [-0.39, 0.29) is 0 Å². The molecule has 0 saturated heterocycles. The third-order valence-electron chi connectivity index (χ3n) is 3.58. The number of methoxy groups -OCH3 is 1. The number of anilines is 2. The van der Waals surface area contributed by atoms with E-state index in [0.29, 0.717) is 0 Å². The van der Waals surface area contributed by atoms with Gasteiger partial charge in [0.25, 0.3) is 0 Å². The van der Waals surface area contributed by atoms with Gasteiger partial charge in [-0.15, -0.1) is 11.3 Å². The lowest BCUT2D eigenvalue weighted by Crippen LogP contribution is -1.89. The van der Waals surface area contributed by atoms with E-state index in [4.69, 9.17) is 4.74 Å². The second kappa shape index (κ2) is 5.73. The van der Waals surface area contributed by atoms with Gasteiger partial charge in [0, 0.05) is 22.0 Å². The van der Waals surface area contributed by atoms with Crippen LogP contribution in [0.1, 0.15) is 0 Å². The van der Waals surface area contributed by atoms with Crippen molar-refractivity contribution in [1.82, 2.24) is 15.2 Å². The third kappa shape index (κ3) is 2.76. The van der Waals surface area contributed by atoms with E-state index in [9.17, 15) is 0 Å². The molecule has 2 aromatic carbocycles. The first-order valence-corrected chi connectivity index (χ1v) is 8.00. The van der Waals surface area contributed by atoms with Gasteiger partial charge < -0.3 is 10.1 Å². The summed E-state index contributed by atoms with van der Waals surface area (Å²) in [6.45, 7) is 0. The number of benzene rings is 2. The molecule has 2 N–H and O–H groups in total. The maximum Gasteiger partial charge on any atom is 0.187 e. The summed E-state index contributed by atoms with van der Waals surface area (Å²) in [6.07, 6.45) is 1.81. The minimum Gasteiger partial charge on any atom is -0.497 e. The first kappa shape index (κ1) is 13.8. The van der Waals surface area contributed by atoms with Gasteiger partial charge >= 0.3 is 0 Å². The molecule has 0 aliphatic rings. The van der Waals surface area contributed by atoms with Gasteiger partial charge in [-0.05, 0) is 42.5 Å². The Morgan fingerprint density at radius 1 is 1.13 bits per heavy atom. The van der Waals surface area contributed by atoms with E-state index in [0.717, 1.165) is 38.7 Å². The van der Waals surface area contributed by atoms with Crippen LogP contribution in [0.15, 0.2) is 54.0 Å². The molecule has 6 heteroatoms. The molecule has 0 amide bonds. The highest BCUT2D eigenvalue weighted by Crippen LogP contribution is 2.29. The van der Waals surface area contributed by atoms with Crippen molar-refractivity contribution in [1.29, 1.82) is 0 Å². The first-order valence-electron chi connectivity index (χ1n) is 7.12. The van der Waals surface area contributed by atoms with Crippen LogP contribution in [0.25, 0.3) is 22.2 Å². The summed E-state index contributed by atoms with van der Waals surface area (Å²) < 4.78 is 5.18. The number of fused-ring (bicyclic) bond motifs is 1. The van der Waals surface area contributed by atoms with Crippen molar-refractivity contribution in [3.63, 3.8) is 0 Å². The number of ether oxygens (including phenoxy) is 1. The molecule has 0 aliphatic heterocycles. The highest BCUT2D eigenvalue weighted by Gasteiger charge is 2.06. The quantitative estimate of drug-likeness (QED) is 0.583. The van der Waals surface area contributed by atoms with Gasteiger partial charge in [0.05, 0.1) is 24.5 Å². The summed E-state index contributed by atoms with van der Waals surface area (Å²) >= 11 is 1.58. The number of aromatic nitrogens is 3. The lowest BCUT2D eigenvalue weighted by atomic mass is 10.2. The fourth-order valence-corrected chi connectivity index (χ4v) is 3.11. The van der Waals surface area contributed by atoms with Gasteiger partial charge in [-0.2, -0.15) is 5.10 Å².